The molecule has 0 aliphatic rings. The van der Waals surface area contributed by atoms with Crippen molar-refractivity contribution in [1.82, 2.24) is 9.80 Å². The van der Waals surface area contributed by atoms with Crippen LogP contribution in [0.5, 0.6) is 0 Å². The number of hydrogen-bond donors (Lipinski definition) is 1. The molecule has 0 fully saturated rings. The highest BCUT2D eigenvalue weighted by Gasteiger charge is 2.26. The number of rotatable bonds is 7. The molecular formula is C16H26FN3O. The zero-order valence-corrected chi connectivity index (χ0v) is 13.3. The summed E-state index contributed by atoms with van der Waals surface area (Å²) in [5.41, 5.74) is 6.55. The summed E-state index contributed by atoms with van der Waals surface area (Å²) in [4.78, 5) is 15.8. The Kier molecular flexibility index (Phi) is 6.78. The normalized spacial score (nSPS) is 14.0. The van der Waals surface area contributed by atoms with E-state index in [0.29, 0.717) is 18.7 Å². The van der Waals surface area contributed by atoms with Gasteiger partial charge in [-0.25, -0.2) is 4.39 Å². The van der Waals surface area contributed by atoms with Crippen LogP contribution in [-0.2, 0) is 4.79 Å². The smallest absolute Gasteiger partial charge is 0.236 e. The second-order valence-corrected chi connectivity index (χ2v) is 5.31. The van der Waals surface area contributed by atoms with Crippen molar-refractivity contribution in [3.8, 4) is 0 Å². The summed E-state index contributed by atoms with van der Waals surface area (Å²) < 4.78 is 14.0. The number of nitrogens with two attached hydrogens (primary N) is 1. The number of amides is 1. The Morgan fingerprint density at radius 2 is 1.86 bits per heavy atom. The Morgan fingerprint density at radius 1 is 1.29 bits per heavy atom. The van der Waals surface area contributed by atoms with Gasteiger partial charge in [0.2, 0.25) is 5.91 Å². The standard InChI is InChI=1S/C16H26FN3O/c1-5-20(6-2)15(21)11-19(4)16(12(3)18)13-9-7-8-10-14(13)17/h7-10,12,16H,5-6,11,18H2,1-4H3. The van der Waals surface area contributed by atoms with Crippen molar-refractivity contribution >= 4 is 5.91 Å². The topological polar surface area (TPSA) is 49.6 Å². The number of likely N-dealkylation sites (N-methyl/N-ethyl adjacent to an activating group) is 2. The summed E-state index contributed by atoms with van der Waals surface area (Å²) in [5.74, 6) is -0.258. The highest BCUT2D eigenvalue weighted by atomic mass is 19.1. The maximum atomic E-state index is 14.0. The highest BCUT2D eigenvalue weighted by molar-refractivity contribution is 5.78. The Morgan fingerprint density at radius 3 is 2.33 bits per heavy atom. The largest absolute Gasteiger partial charge is 0.342 e. The summed E-state index contributed by atoms with van der Waals surface area (Å²) >= 11 is 0. The lowest BCUT2D eigenvalue weighted by Gasteiger charge is -2.32. The third-order valence-corrected chi connectivity index (χ3v) is 3.70. The first-order valence-corrected chi connectivity index (χ1v) is 7.40. The first kappa shape index (κ1) is 17.6. The lowest BCUT2D eigenvalue weighted by Crippen LogP contribution is -2.44. The van der Waals surface area contributed by atoms with E-state index in [-0.39, 0.29) is 30.4 Å². The van der Waals surface area contributed by atoms with Gasteiger partial charge in [0.1, 0.15) is 5.82 Å². The molecule has 2 N–H and O–H groups in total. The van der Waals surface area contributed by atoms with Gasteiger partial charge < -0.3 is 10.6 Å². The second kappa shape index (κ2) is 8.10. The van der Waals surface area contributed by atoms with Crippen LogP contribution in [0.4, 0.5) is 4.39 Å². The fourth-order valence-electron chi connectivity index (χ4n) is 2.63. The second-order valence-electron chi connectivity index (χ2n) is 5.31. The zero-order chi connectivity index (χ0) is 16.0. The summed E-state index contributed by atoms with van der Waals surface area (Å²) in [6, 6.07) is 5.97. The van der Waals surface area contributed by atoms with E-state index in [4.69, 9.17) is 5.73 Å². The van der Waals surface area contributed by atoms with E-state index < -0.39 is 0 Å². The van der Waals surface area contributed by atoms with Crippen LogP contribution >= 0.6 is 0 Å². The molecule has 2 unspecified atom stereocenters. The summed E-state index contributed by atoms with van der Waals surface area (Å²) in [6.45, 7) is 7.29. The zero-order valence-electron chi connectivity index (χ0n) is 13.3. The van der Waals surface area contributed by atoms with Gasteiger partial charge in [-0.2, -0.15) is 0 Å². The van der Waals surface area contributed by atoms with E-state index >= 15 is 0 Å². The fourth-order valence-corrected chi connectivity index (χ4v) is 2.63. The van der Waals surface area contributed by atoms with Crippen LogP contribution in [0.15, 0.2) is 24.3 Å². The Bertz CT molecular complexity index is 461. The van der Waals surface area contributed by atoms with Crippen LogP contribution < -0.4 is 5.73 Å². The highest BCUT2D eigenvalue weighted by Crippen LogP contribution is 2.24. The van der Waals surface area contributed by atoms with Gasteiger partial charge in [0, 0.05) is 24.7 Å². The summed E-state index contributed by atoms with van der Waals surface area (Å²) in [7, 11) is 1.81. The molecule has 21 heavy (non-hydrogen) atoms. The van der Waals surface area contributed by atoms with Gasteiger partial charge in [0.05, 0.1) is 12.6 Å². The number of halogens is 1. The predicted molar refractivity (Wildman–Crippen MR) is 83.3 cm³/mol. The summed E-state index contributed by atoms with van der Waals surface area (Å²) in [5, 5.41) is 0. The average Bonchev–Trinajstić information content (AvgIpc) is 2.42. The van der Waals surface area contributed by atoms with Crippen LogP contribution in [0.3, 0.4) is 0 Å². The molecule has 0 bridgehead atoms. The van der Waals surface area contributed by atoms with Gasteiger partial charge in [0.15, 0.2) is 0 Å². The minimum absolute atomic E-state index is 0.0319. The Labute approximate surface area is 126 Å². The van der Waals surface area contributed by atoms with E-state index in [1.54, 1.807) is 23.1 Å². The van der Waals surface area contributed by atoms with Crippen LogP contribution in [0.1, 0.15) is 32.4 Å². The van der Waals surface area contributed by atoms with E-state index in [9.17, 15) is 9.18 Å². The van der Waals surface area contributed by atoms with Crippen molar-refractivity contribution in [3.63, 3.8) is 0 Å². The molecule has 0 saturated carbocycles. The van der Waals surface area contributed by atoms with Gasteiger partial charge >= 0.3 is 0 Å². The molecule has 118 valence electrons. The van der Waals surface area contributed by atoms with Crippen molar-refractivity contribution in [1.29, 1.82) is 0 Å². The molecule has 1 amide bonds. The van der Waals surface area contributed by atoms with Crippen LogP contribution in [-0.4, -0.2) is 48.4 Å². The molecule has 5 heteroatoms. The minimum Gasteiger partial charge on any atom is -0.342 e. The molecule has 4 nitrogen and oxygen atoms in total. The van der Waals surface area contributed by atoms with E-state index in [2.05, 4.69) is 0 Å². The molecule has 0 aliphatic carbocycles. The lowest BCUT2D eigenvalue weighted by atomic mass is 9.99. The quantitative estimate of drug-likeness (QED) is 0.837. The molecule has 1 aromatic rings. The number of nitrogens with zero attached hydrogens (tertiary/aromatic N) is 2. The molecule has 0 spiro atoms. The first-order chi connectivity index (χ1) is 9.92. The maximum absolute atomic E-state index is 14.0. The van der Waals surface area contributed by atoms with Gasteiger partial charge in [0.25, 0.3) is 0 Å². The minimum atomic E-state index is -0.328. The number of carbonyl (C=O) groups excluding carboxylic acids is 1. The van der Waals surface area contributed by atoms with Crippen molar-refractivity contribution in [2.75, 3.05) is 26.7 Å². The number of carbonyl (C=O) groups is 1. The lowest BCUT2D eigenvalue weighted by molar-refractivity contribution is -0.132. The van der Waals surface area contributed by atoms with Gasteiger partial charge in [-0.05, 0) is 33.9 Å². The monoisotopic (exact) mass is 295 g/mol. The summed E-state index contributed by atoms with van der Waals surface area (Å²) in [6.07, 6.45) is 0. The predicted octanol–water partition coefficient (Wildman–Crippen LogP) is 2.01. The number of benzene rings is 1. The van der Waals surface area contributed by atoms with E-state index in [1.165, 1.54) is 6.07 Å². The molecule has 0 aliphatic heterocycles. The third-order valence-electron chi connectivity index (χ3n) is 3.70. The SMILES string of the molecule is CCN(CC)C(=O)CN(C)C(c1ccccc1F)C(C)N. The van der Waals surface area contributed by atoms with Crippen molar-refractivity contribution < 1.29 is 9.18 Å². The average molecular weight is 295 g/mol. The maximum Gasteiger partial charge on any atom is 0.236 e. The van der Waals surface area contributed by atoms with Crippen molar-refractivity contribution in [2.24, 2.45) is 5.73 Å². The molecule has 1 aromatic carbocycles. The van der Waals surface area contributed by atoms with E-state index in [1.807, 2.05) is 32.7 Å². The number of hydrogen-bond acceptors (Lipinski definition) is 3. The Balaban J connectivity index is 2.92. The molecule has 1 rings (SSSR count). The van der Waals surface area contributed by atoms with Gasteiger partial charge in [-0.15, -0.1) is 0 Å². The fraction of sp³-hybridized carbons (Fsp3) is 0.562. The molecular weight excluding hydrogens is 269 g/mol. The Hall–Kier alpha value is -1.46. The van der Waals surface area contributed by atoms with Gasteiger partial charge in [-0.1, -0.05) is 18.2 Å². The van der Waals surface area contributed by atoms with Crippen LogP contribution in [0, 0.1) is 5.82 Å². The molecule has 0 aromatic heterocycles. The van der Waals surface area contributed by atoms with Crippen LogP contribution in [0.25, 0.3) is 0 Å². The molecule has 0 heterocycles. The van der Waals surface area contributed by atoms with Crippen molar-refractivity contribution in [2.45, 2.75) is 32.9 Å². The first-order valence-electron chi connectivity index (χ1n) is 7.40. The molecule has 0 saturated heterocycles. The van der Waals surface area contributed by atoms with Crippen LogP contribution in [0.2, 0.25) is 0 Å². The van der Waals surface area contributed by atoms with E-state index in [0.717, 1.165) is 0 Å². The molecule has 0 radical (unpaired) electrons. The van der Waals surface area contributed by atoms with Crippen molar-refractivity contribution in [3.05, 3.63) is 35.6 Å². The van der Waals surface area contributed by atoms with Gasteiger partial charge in [-0.3, -0.25) is 9.69 Å². The molecule has 2 atom stereocenters. The third kappa shape index (κ3) is 4.51.